The minimum Gasteiger partial charge on any atom is -0.311 e. The summed E-state index contributed by atoms with van der Waals surface area (Å²) in [6.45, 7) is 32.0. The van der Waals surface area contributed by atoms with Crippen molar-refractivity contribution >= 4 is 79.0 Å². The number of hydrogen-bond donors (Lipinski definition) is 0. The summed E-state index contributed by atoms with van der Waals surface area (Å²) in [7, 11) is 0. The molecule has 0 radical (unpaired) electrons. The zero-order chi connectivity index (χ0) is 94.6. The van der Waals surface area contributed by atoms with Gasteiger partial charge in [0, 0.05) is 67.0 Å². The van der Waals surface area contributed by atoms with Crippen molar-refractivity contribution in [3.05, 3.63) is 343 Å². The molecule has 114 heavy (non-hydrogen) atoms. The minimum atomic E-state index is -0.778. The van der Waals surface area contributed by atoms with Gasteiger partial charge in [-0.25, -0.2) is 15.0 Å². The summed E-state index contributed by atoms with van der Waals surface area (Å²) < 4.78 is 172. The van der Waals surface area contributed by atoms with Gasteiger partial charge in [0.15, 0.2) is 17.5 Å². The molecule has 2 aliphatic rings. The van der Waals surface area contributed by atoms with E-state index < -0.39 is 154 Å². The average Bonchev–Trinajstić information content (AvgIpc) is 0.830. The average molecular weight is 1500 g/mol. The van der Waals surface area contributed by atoms with Gasteiger partial charge >= 0.3 is 0 Å². The first-order valence-corrected chi connectivity index (χ1v) is 38.9. The fourth-order valence-electron chi connectivity index (χ4n) is 16.1. The van der Waals surface area contributed by atoms with Crippen LogP contribution < -0.4 is 26.2 Å². The van der Waals surface area contributed by atoms with E-state index in [9.17, 15) is 21.9 Å². The molecule has 0 fully saturated rings. The predicted molar refractivity (Wildman–Crippen MR) is 485 cm³/mol. The van der Waals surface area contributed by atoms with Crippen molar-refractivity contribution in [2.24, 2.45) is 0 Å². The topological polar surface area (TPSA) is 50.1 Å². The molecule has 16 aromatic rings. The van der Waals surface area contributed by atoms with E-state index in [1.54, 1.807) is 0 Å². The summed E-state index contributed by atoms with van der Waals surface area (Å²) in [6, 6.07) is 60.0. The van der Waals surface area contributed by atoms with E-state index in [0.29, 0.717) is 39.2 Å². The van der Waals surface area contributed by atoms with Crippen LogP contribution >= 0.6 is 0 Å². The van der Waals surface area contributed by atoms with Crippen LogP contribution in [0, 0.1) is 0 Å². The van der Waals surface area contributed by atoms with Crippen LogP contribution in [0.3, 0.4) is 0 Å². The van der Waals surface area contributed by atoms with Crippen LogP contribution in [-0.2, 0) is 27.1 Å². The summed E-state index contributed by atoms with van der Waals surface area (Å²) in [5.41, 5.74) is 16.6. The lowest BCUT2D eigenvalue weighted by molar-refractivity contribution is 0.568. The second-order valence-electron chi connectivity index (χ2n) is 35.2. The van der Waals surface area contributed by atoms with Crippen LogP contribution in [0.1, 0.15) is 156 Å². The molecule has 2 aliphatic heterocycles. The van der Waals surface area contributed by atoms with E-state index >= 15 is 0 Å². The number of rotatable bonds is 11. The van der Waals surface area contributed by atoms with Crippen LogP contribution in [-0.4, -0.2) is 26.2 Å². The van der Waals surface area contributed by atoms with Gasteiger partial charge in [-0.1, -0.05) is 352 Å². The summed E-state index contributed by atoms with van der Waals surface area (Å²) >= 11 is 0. The normalized spacial score (nSPS) is 15.2. The van der Waals surface area contributed by atoms with Crippen molar-refractivity contribution in [3.63, 3.8) is 0 Å². The molecule has 0 saturated carbocycles. The first-order chi connectivity index (χ1) is 62.1. The molecule has 6 nitrogen and oxygen atoms in total. The highest BCUT2D eigenvalue weighted by Crippen LogP contribution is 2.55. The number of fused-ring (bicyclic) bond motifs is 7. The molecule has 18 rings (SSSR count). The lowest BCUT2D eigenvalue weighted by atomic mass is 9.33. The third-order valence-electron chi connectivity index (χ3n) is 22.4. The molecule has 0 aliphatic carbocycles. The Morgan fingerprint density at radius 2 is 0.658 bits per heavy atom. The number of anilines is 6. The summed E-state index contributed by atoms with van der Waals surface area (Å²) in [4.78, 5) is 20.1. The van der Waals surface area contributed by atoms with Crippen LogP contribution in [0.2, 0.25) is 0 Å². The fourth-order valence-corrected chi connectivity index (χ4v) is 16.1. The molecule has 2 aromatic heterocycles. The molecular weight excluding hydrogens is 1380 g/mol. The Labute approximate surface area is 699 Å². The molecule has 0 spiro atoms. The Morgan fingerprint density at radius 1 is 0.272 bits per heavy atom. The smallest absolute Gasteiger partial charge is 0.252 e. The van der Waals surface area contributed by atoms with E-state index in [1.165, 1.54) is 4.57 Å². The first-order valence-electron chi connectivity index (χ1n) is 47.9. The van der Waals surface area contributed by atoms with Gasteiger partial charge in [0.2, 0.25) is 0 Å². The van der Waals surface area contributed by atoms with Crippen molar-refractivity contribution in [1.82, 2.24) is 19.5 Å². The highest BCUT2D eigenvalue weighted by atomic mass is 15.2. The lowest BCUT2D eigenvalue weighted by Crippen LogP contribution is -2.61. The Bertz CT molecular complexity index is 7300. The van der Waals surface area contributed by atoms with Crippen molar-refractivity contribution in [3.8, 4) is 95.5 Å². The van der Waals surface area contributed by atoms with Crippen LogP contribution in [0.25, 0.3) is 117 Å². The van der Waals surface area contributed by atoms with Gasteiger partial charge in [-0.2, -0.15) is 0 Å². The number of benzene rings is 14. The van der Waals surface area contributed by atoms with Crippen LogP contribution in [0.5, 0.6) is 0 Å². The lowest BCUT2D eigenvalue weighted by Gasteiger charge is -2.46. The molecule has 0 saturated heterocycles. The number of para-hydroxylation sites is 2. The Morgan fingerprint density at radius 3 is 1.17 bits per heavy atom. The van der Waals surface area contributed by atoms with Gasteiger partial charge in [-0.3, -0.25) is 0 Å². The SMILES string of the molecule is [2H]c1c([2H])c([2H])c(-c2nc(-c3cc(C(C)(C)C)cc(-c4ccccc4)c3N3c4cc(-n5c6c([2H])c([2H])c([2H])c([2H])c6c6c([2H])c([2H])c([2H])c([2H])c65)ccc4B4c5ccc(-c6cc(C(C)(C)C)cc(C(C)(C)C)c6)cc5N(c5ccc(-c6ccccc6)cc5-c5ccccc5)c5cc(-c6cc(C(C)(C)C)cc(C(C)(C)C)c6)cc3c54)nc(-c3c([2H])c([2H])c([2H])c([2H])c3[2H])n2)c([2H])c1[2H]. The molecule has 0 atom stereocenters. The minimum absolute atomic E-state index is 0.127. The molecule has 0 bridgehead atoms. The molecule has 0 amide bonds. The van der Waals surface area contributed by atoms with E-state index in [0.717, 1.165) is 94.7 Å². The molecule has 558 valence electrons. The highest BCUT2D eigenvalue weighted by Gasteiger charge is 2.46. The third kappa shape index (κ3) is 13.2. The summed E-state index contributed by atoms with van der Waals surface area (Å²) in [5, 5.41) is -0.274. The zero-order valence-electron chi connectivity index (χ0n) is 84.9. The van der Waals surface area contributed by atoms with Gasteiger partial charge in [0.1, 0.15) is 0 Å². The predicted octanol–water partition coefficient (Wildman–Crippen LogP) is 26.9. The summed E-state index contributed by atoms with van der Waals surface area (Å²) in [6.07, 6.45) is 0. The molecule has 0 unspecified atom stereocenters. The monoisotopic (exact) mass is 1490 g/mol. The second kappa shape index (κ2) is 27.7. The third-order valence-corrected chi connectivity index (χ3v) is 22.4. The van der Waals surface area contributed by atoms with Gasteiger partial charge in [-0.15, -0.1) is 0 Å². The van der Waals surface area contributed by atoms with Crippen LogP contribution in [0.15, 0.2) is 315 Å². The largest absolute Gasteiger partial charge is 0.311 e. The molecule has 7 heteroatoms. The van der Waals surface area contributed by atoms with Crippen molar-refractivity contribution in [1.29, 1.82) is 0 Å². The molecule has 4 heterocycles. The van der Waals surface area contributed by atoms with Gasteiger partial charge in [0.05, 0.1) is 47.1 Å². The molecular formula is C107H97BN6. The summed E-state index contributed by atoms with van der Waals surface area (Å²) in [5.74, 6) is -1.24. The second-order valence-corrected chi connectivity index (χ2v) is 35.2. The quantitative estimate of drug-likeness (QED) is 0.121. The Hall–Kier alpha value is -12.4. The standard InChI is InChI=1S/C107H97BN6/c1-103(2,3)78-55-75(56-79(63-78)104(4,5)6)74-49-52-89-94(60-74)113(93-54-50-73(68-35-21-16-22-36-68)59-86(93)69-37-23-17-24-38-69)96-61-77(76-57-80(105(7,8)9)64-81(58-76)106(10,11)12)62-97-98(96)108(89)90-53-51-83(112-91-47-33-31-45-84(91)85-46-32-34-48-92(85)112)67-95(90)114(97)99-87(70-39-25-18-26-40-70)65-82(107(13,14)15)66-88(99)102-110-100(71-41-27-19-28-42-71)109-101(111-102)72-43-29-20-30-44-72/h16-67H,1-15H3/i19D,20D,27D,28D,29D,30D,31D,32D,33D,34D,41D,42D,43D,44D,45D,46D,47D,48D. The van der Waals surface area contributed by atoms with Gasteiger partial charge in [-0.05, 0) is 182 Å². The molecule has 14 aromatic carbocycles. The Kier molecular flexibility index (Phi) is 13.4. The number of aromatic nitrogens is 4. The van der Waals surface area contributed by atoms with E-state index in [2.05, 4.69) is 208 Å². The van der Waals surface area contributed by atoms with Crippen molar-refractivity contribution in [2.75, 3.05) is 9.80 Å². The zero-order valence-corrected chi connectivity index (χ0v) is 66.9. The number of hydrogen-bond acceptors (Lipinski definition) is 5. The maximum Gasteiger partial charge on any atom is 0.252 e. The fraction of sp³-hybridized carbons (Fsp3) is 0.187. The van der Waals surface area contributed by atoms with Gasteiger partial charge < -0.3 is 14.4 Å². The maximum absolute atomic E-state index is 10.0. The van der Waals surface area contributed by atoms with Crippen molar-refractivity contribution < 1.29 is 24.7 Å². The van der Waals surface area contributed by atoms with Gasteiger partial charge in [0.25, 0.3) is 6.71 Å². The van der Waals surface area contributed by atoms with Crippen LogP contribution in [0.4, 0.5) is 34.1 Å². The Balaban J connectivity index is 1.10. The highest BCUT2D eigenvalue weighted by molar-refractivity contribution is 7.00. The number of nitrogens with zero attached hydrogens (tertiary/aromatic N) is 6. The first kappa shape index (κ1) is 55.1. The molecule has 0 N–H and O–H groups in total. The van der Waals surface area contributed by atoms with E-state index in [-0.39, 0.29) is 49.7 Å². The van der Waals surface area contributed by atoms with E-state index in [4.69, 9.17) is 17.7 Å². The maximum atomic E-state index is 10.0. The van der Waals surface area contributed by atoms with E-state index in [1.807, 2.05) is 112 Å². The van der Waals surface area contributed by atoms with Crippen molar-refractivity contribution in [2.45, 2.75) is 131 Å².